The van der Waals surface area contributed by atoms with Crippen molar-refractivity contribution in [2.24, 2.45) is 0 Å². The first-order valence-electron chi connectivity index (χ1n) is 10.3. The Morgan fingerprint density at radius 1 is 0.471 bits per heavy atom. The van der Waals surface area contributed by atoms with Crippen molar-refractivity contribution in [1.82, 2.24) is 0 Å². The van der Waals surface area contributed by atoms with E-state index >= 15 is 0 Å². The SMILES string of the molecule is C=CC1=C(C=C)C(=O)c2c(-c3ccc(N)c4c3C(=O)C(C=C)=C(C=C)C4=O)ccc(N)c2C1=O. The van der Waals surface area contributed by atoms with Crippen molar-refractivity contribution in [3.8, 4) is 11.1 Å². The molecule has 0 radical (unpaired) electrons. The second kappa shape index (κ2) is 7.94. The van der Waals surface area contributed by atoms with Gasteiger partial charge < -0.3 is 11.5 Å². The summed E-state index contributed by atoms with van der Waals surface area (Å²) in [6.45, 7) is 14.6. The predicted molar refractivity (Wildman–Crippen MR) is 133 cm³/mol. The smallest absolute Gasteiger partial charge is 0.196 e. The zero-order valence-corrected chi connectivity index (χ0v) is 18.2. The third kappa shape index (κ3) is 2.82. The quantitative estimate of drug-likeness (QED) is 0.644. The zero-order chi connectivity index (χ0) is 24.9. The van der Waals surface area contributed by atoms with Crippen molar-refractivity contribution < 1.29 is 19.2 Å². The highest BCUT2D eigenvalue weighted by atomic mass is 16.1. The highest BCUT2D eigenvalue weighted by Gasteiger charge is 2.37. The fraction of sp³-hybridized carbons (Fsp3) is 0. The molecular weight excluding hydrogens is 428 g/mol. The van der Waals surface area contributed by atoms with Crippen LogP contribution in [0.4, 0.5) is 11.4 Å². The Kier molecular flexibility index (Phi) is 5.22. The van der Waals surface area contributed by atoms with Crippen molar-refractivity contribution in [2.75, 3.05) is 11.5 Å². The number of carbonyl (C=O) groups excluding carboxylic acids is 4. The van der Waals surface area contributed by atoms with E-state index in [0.29, 0.717) is 0 Å². The maximum atomic E-state index is 13.5. The minimum Gasteiger partial charge on any atom is -0.398 e. The normalized spacial score (nSPS) is 15.2. The molecule has 0 bridgehead atoms. The van der Waals surface area contributed by atoms with Gasteiger partial charge in [0.25, 0.3) is 0 Å². The van der Waals surface area contributed by atoms with Crippen LogP contribution >= 0.6 is 0 Å². The summed E-state index contributed by atoms with van der Waals surface area (Å²) in [6, 6.07) is 6.05. The van der Waals surface area contributed by atoms with E-state index in [2.05, 4.69) is 26.3 Å². The van der Waals surface area contributed by atoms with Crippen LogP contribution in [0.1, 0.15) is 41.4 Å². The number of allylic oxidation sites excluding steroid dienone is 8. The second-order valence-corrected chi connectivity index (χ2v) is 7.69. The molecule has 166 valence electrons. The standard InChI is InChI=1S/C28H20N2O4/c1-5-13-15(7-3)27(33)23-19(29)11-9-17(21(23)25(13)31)18-10-12-20(30)24-22(18)26(32)14(6-2)16(8-4)28(24)34/h5-12H,1-4,29-30H2. The molecule has 4 rings (SSSR count). The van der Waals surface area contributed by atoms with Gasteiger partial charge >= 0.3 is 0 Å². The van der Waals surface area contributed by atoms with Gasteiger partial charge in [0.15, 0.2) is 23.1 Å². The van der Waals surface area contributed by atoms with E-state index < -0.39 is 23.1 Å². The first-order valence-corrected chi connectivity index (χ1v) is 10.3. The van der Waals surface area contributed by atoms with Crippen LogP contribution in [-0.4, -0.2) is 23.1 Å². The number of nitrogen functional groups attached to an aromatic ring is 2. The molecule has 0 saturated heterocycles. The molecule has 0 amide bonds. The van der Waals surface area contributed by atoms with Gasteiger partial charge in [-0.3, -0.25) is 19.2 Å². The largest absolute Gasteiger partial charge is 0.398 e. The first-order chi connectivity index (χ1) is 16.2. The predicted octanol–water partition coefficient (Wildman–Crippen LogP) is 4.61. The number of rotatable bonds is 5. The molecule has 0 fully saturated rings. The van der Waals surface area contributed by atoms with Gasteiger partial charge in [-0.1, -0.05) is 62.8 Å². The van der Waals surface area contributed by atoms with Crippen LogP contribution in [0, 0.1) is 0 Å². The van der Waals surface area contributed by atoms with Gasteiger partial charge in [-0.2, -0.15) is 0 Å². The lowest BCUT2D eigenvalue weighted by Crippen LogP contribution is -2.25. The zero-order valence-electron chi connectivity index (χ0n) is 18.2. The minimum absolute atomic E-state index is 0.00873. The van der Waals surface area contributed by atoms with Gasteiger partial charge in [0, 0.05) is 44.8 Å². The Labute approximate surface area is 196 Å². The van der Waals surface area contributed by atoms with Crippen LogP contribution in [0.15, 0.2) is 97.2 Å². The molecule has 0 unspecified atom stereocenters. The van der Waals surface area contributed by atoms with Crippen LogP contribution < -0.4 is 11.5 Å². The number of ketones is 4. The van der Waals surface area contributed by atoms with E-state index in [4.69, 9.17) is 11.5 Å². The first kappa shape index (κ1) is 22.4. The summed E-state index contributed by atoms with van der Waals surface area (Å²) in [5.41, 5.74) is 13.4. The number of hydrogen-bond donors (Lipinski definition) is 2. The number of carbonyl (C=O) groups is 4. The van der Waals surface area contributed by atoms with Crippen LogP contribution in [0.2, 0.25) is 0 Å². The minimum atomic E-state index is -0.492. The monoisotopic (exact) mass is 448 g/mol. The molecule has 2 aromatic rings. The number of benzene rings is 2. The van der Waals surface area contributed by atoms with Gasteiger partial charge in [0.2, 0.25) is 0 Å². The van der Waals surface area contributed by atoms with Gasteiger partial charge in [-0.25, -0.2) is 0 Å². The molecule has 0 aromatic heterocycles. The topological polar surface area (TPSA) is 120 Å². The highest BCUT2D eigenvalue weighted by Crippen LogP contribution is 2.42. The lowest BCUT2D eigenvalue weighted by atomic mass is 9.75. The van der Waals surface area contributed by atoms with E-state index in [1.54, 1.807) is 12.1 Å². The van der Waals surface area contributed by atoms with Crippen LogP contribution in [-0.2, 0) is 0 Å². The van der Waals surface area contributed by atoms with E-state index in [9.17, 15) is 19.2 Å². The third-order valence-electron chi connectivity index (χ3n) is 6.05. The average Bonchev–Trinajstić information content (AvgIpc) is 2.82. The Hall–Kier alpha value is -4.84. The maximum absolute atomic E-state index is 13.5. The van der Waals surface area contributed by atoms with Crippen molar-refractivity contribution in [1.29, 1.82) is 0 Å². The van der Waals surface area contributed by atoms with E-state index in [-0.39, 0.29) is 67.0 Å². The van der Waals surface area contributed by atoms with Gasteiger partial charge in [-0.15, -0.1) is 0 Å². The van der Waals surface area contributed by atoms with E-state index in [0.717, 1.165) is 0 Å². The maximum Gasteiger partial charge on any atom is 0.196 e. The van der Waals surface area contributed by atoms with Crippen molar-refractivity contribution in [2.45, 2.75) is 0 Å². The molecule has 2 aliphatic rings. The van der Waals surface area contributed by atoms with Crippen molar-refractivity contribution >= 4 is 34.5 Å². The molecule has 2 aromatic carbocycles. The Bertz CT molecular complexity index is 1390. The summed E-state index contributed by atoms with van der Waals surface area (Å²) in [5, 5.41) is 0. The number of fused-ring (bicyclic) bond motifs is 2. The third-order valence-corrected chi connectivity index (χ3v) is 6.05. The van der Waals surface area contributed by atoms with Crippen molar-refractivity contribution in [3.05, 3.63) is 119 Å². The van der Waals surface area contributed by atoms with Crippen LogP contribution in [0.3, 0.4) is 0 Å². The molecule has 0 spiro atoms. The van der Waals surface area contributed by atoms with E-state index in [1.165, 1.54) is 36.4 Å². The van der Waals surface area contributed by atoms with E-state index in [1.807, 2.05) is 0 Å². The molecule has 6 heteroatoms. The summed E-state index contributed by atoms with van der Waals surface area (Å²) < 4.78 is 0. The summed E-state index contributed by atoms with van der Waals surface area (Å²) in [5.74, 6) is -1.95. The lowest BCUT2D eigenvalue weighted by Gasteiger charge is -2.25. The number of anilines is 2. The Morgan fingerprint density at radius 2 is 0.735 bits per heavy atom. The van der Waals surface area contributed by atoms with Gasteiger partial charge in [-0.05, 0) is 23.3 Å². The summed E-state index contributed by atoms with van der Waals surface area (Å²) in [4.78, 5) is 53.5. The molecule has 0 saturated carbocycles. The fourth-order valence-electron chi connectivity index (χ4n) is 4.49. The number of hydrogen-bond acceptors (Lipinski definition) is 6. The molecule has 0 aliphatic heterocycles. The Balaban J connectivity index is 2.13. The molecule has 0 heterocycles. The van der Waals surface area contributed by atoms with Crippen LogP contribution in [0.25, 0.3) is 11.1 Å². The molecule has 6 nitrogen and oxygen atoms in total. The van der Waals surface area contributed by atoms with Gasteiger partial charge in [0.05, 0.1) is 11.1 Å². The Morgan fingerprint density at radius 3 is 1.00 bits per heavy atom. The highest BCUT2D eigenvalue weighted by molar-refractivity contribution is 6.35. The van der Waals surface area contributed by atoms with Crippen LogP contribution in [0.5, 0.6) is 0 Å². The second-order valence-electron chi connectivity index (χ2n) is 7.69. The number of nitrogens with two attached hydrogens (primary N) is 2. The molecule has 4 N–H and O–H groups in total. The molecular formula is C28H20N2O4. The summed E-state index contributed by atoms with van der Waals surface area (Å²) in [7, 11) is 0. The fourth-order valence-corrected chi connectivity index (χ4v) is 4.49. The molecule has 0 atom stereocenters. The number of Topliss-reactive ketones (excluding diaryl/α,β-unsaturated/α-hetero) is 4. The molecule has 34 heavy (non-hydrogen) atoms. The average molecular weight is 448 g/mol. The van der Waals surface area contributed by atoms with Crippen molar-refractivity contribution in [3.63, 3.8) is 0 Å². The molecule has 2 aliphatic carbocycles. The van der Waals surface area contributed by atoms with Gasteiger partial charge in [0.1, 0.15) is 0 Å². The lowest BCUT2D eigenvalue weighted by molar-refractivity contribution is 0.0980. The summed E-state index contributed by atoms with van der Waals surface area (Å²) >= 11 is 0. The summed E-state index contributed by atoms with van der Waals surface area (Å²) in [6.07, 6.45) is 5.15.